The van der Waals surface area contributed by atoms with Crippen molar-refractivity contribution in [3.63, 3.8) is 0 Å². The number of benzene rings is 1. The minimum absolute atomic E-state index is 0.00592. The van der Waals surface area contributed by atoms with E-state index in [-0.39, 0.29) is 12.1 Å². The molecule has 0 N–H and O–H groups in total. The molecule has 0 aromatic heterocycles. The van der Waals surface area contributed by atoms with Gasteiger partial charge in [0.25, 0.3) is 0 Å². The van der Waals surface area contributed by atoms with Gasteiger partial charge >= 0.3 is 18.3 Å². The largest absolute Gasteiger partial charge is 0.458 e. The van der Waals surface area contributed by atoms with Crippen LogP contribution >= 0.6 is 0 Å². The van der Waals surface area contributed by atoms with Gasteiger partial charge in [-0.1, -0.05) is 32.9 Å². The summed E-state index contributed by atoms with van der Waals surface area (Å²) in [5.74, 6) is -10.5. The summed E-state index contributed by atoms with van der Waals surface area (Å²) >= 11 is 0. The van der Waals surface area contributed by atoms with Crippen LogP contribution in [0.5, 0.6) is 0 Å². The standard InChI is InChI=1S/C17H13F8NO2/c1-14(2,3)13(28)10(7-26)12(27)9-5-4-8(6-11(9)16(20,21)22)15(18,19)17(23,24)25/h4-6,10H,1-3H3. The molecule has 0 bridgehead atoms. The number of rotatable bonds is 4. The lowest BCUT2D eigenvalue weighted by atomic mass is 9.79. The fourth-order valence-corrected chi connectivity index (χ4v) is 2.18. The molecule has 0 amide bonds. The number of hydrogen-bond donors (Lipinski definition) is 0. The topological polar surface area (TPSA) is 57.9 Å². The second-order valence-corrected chi connectivity index (χ2v) is 6.87. The third-order valence-corrected chi connectivity index (χ3v) is 3.70. The molecule has 0 aliphatic rings. The molecule has 1 atom stereocenters. The summed E-state index contributed by atoms with van der Waals surface area (Å²) in [6.07, 6.45) is -11.7. The first-order valence-electron chi connectivity index (χ1n) is 7.50. The zero-order valence-corrected chi connectivity index (χ0v) is 14.6. The van der Waals surface area contributed by atoms with Crippen molar-refractivity contribution in [1.82, 2.24) is 0 Å². The van der Waals surface area contributed by atoms with Gasteiger partial charge in [0.15, 0.2) is 17.5 Å². The predicted molar refractivity (Wildman–Crippen MR) is 79.3 cm³/mol. The van der Waals surface area contributed by atoms with Crippen molar-refractivity contribution in [2.45, 2.75) is 39.0 Å². The molecule has 0 heterocycles. The Balaban J connectivity index is 3.64. The number of carbonyl (C=O) groups excluding carboxylic acids is 2. The molecule has 0 fully saturated rings. The van der Waals surface area contributed by atoms with Crippen molar-refractivity contribution in [2.75, 3.05) is 0 Å². The number of nitrogens with zero attached hydrogens (tertiary/aromatic N) is 1. The summed E-state index contributed by atoms with van der Waals surface area (Å²) in [6, 6.07) is 0.874. The van der Waals surface area contributed by atoms with E-state index in [4.69, 9.17) is 5.26 Å². The van der Waals surface area contributed by atoms with E-state index in [1.54, 1.807) is 0 Å². The highest BCUT2D eigenvalue weighted by molar-refractivity contribution is 6.14. The molecule has 154 valence electrons. The second kappa shape index (κ2) is 7.14. The molecule has 3 nitrogen and oxygen atoms in total. The first-order valence-corrected chi connectivity index (χ1v) is 7.50. The Labute approximate surface area is 153 Å². The maximum atomic E-state index is 13.4. The Morgan fingerprint density at radius 2 is 1.46 bits per heavy atom. The number of alkyl halides is 8. The normalized spacial score (nSPS) is 14.4. The van der Waals surface area contributed by atoms with Crippen molar-refractivity contribution < 1.29 is 44.7 Å². The van der Waals surface area contributed by atoms with Crippen molar-refractivity contribution in [1.29, 1.82) is 5.26 Å². The van der Waals surface area contributed by atoms with Gasteiger partial charge in [-0.05, 0) is 6.07 Å². The molecule has 0 aliphatic carbocycles. The number of carbonyl (C=O) groups is 2. The van der Waals surface area contributed by atoms with E-state index >= 15 is 0 Å². The predicted octanol–water partition coefficient (Wildman–Crippen LogP) is 5.30. The van der Waals surface area contributed by atoms with E-state index in [1.165, 1.54) is 26.8 Å². The van der Waals surface area contributed by atoms with Crippen LogP contribution in [-0.2, 0) is 16.9 Å². The molecule has 0 spiro atoms. The number of Topliss-reactive ketones (excluding diaryl/α,β-unsaturated/α-hetero) is 2. The zero-order valence-electron chi connectivity index (χ0n) is 14.6. The van der Waals surface area contributed by atoms with Gasteiger partial charge in [0, 0.05) is 16.5 Å². The third-order valence-electron chi connectivity index (χ3n) is 3.70. The molecule has 11 heteroatoms. The highest BCUT2D eigenvalue weighted by Gasteiger charge is 2.59. The van der Waals surface area contributed by atoms with Gasteiger partial charge < -0.3 is 0 Å². The van der Waals surface area contributed by atoms with Crippen molar-refractivity contribution in [3.8, 4) is 6.07 Å². The molecule has 1 unspecified atom stereocenters. The van der Waals surface area contributed by atoms with Crippen LogP contribution in [0.15, 0.2) is 18.2 Å². The van der Waals surface area contributed by atoms with E-state index in [0.29, 0.717) is 0 Å². The minimum Gasteiger partial charge on any atom is -0.297 e. The lowest BCUT2D eigenvalue weighted by Crippen LogP contribution is -2.35. The fraction of sp³-hybridized carbons (Fsp3) is 0.471. The van der Waals surface area contributed by atoms with Gasteiger partial charge in [-0.2, -0.15) is 40.4 Å². The van der Waals surface area contributed by atoms with Crippen LogP contribution in [0.3, 0.4) is 0 Å². The van der Waals surface area contributed by atoms with E-state index in [2.05, 4.69) is 0 Å². The zero-order chi connectivity index (χ0) is 22.3. The average molecular weight is 415 g/mol. The van der Waals surface area contributed by atoms with Crippen LogP contribution in [0.25, 0.3) is 0 Å². The Hall–Kier alpha value is -2.51. The number of ketones is 2. The summed E-state index contributed by atoms with van der Waals surface area (Å²) in [4.78, 5) is 24.5. The molecule has 0 aliphatic heterocycles. The fourth-order valence-electron chi connectivity index (χ4n) is 2.18. The summed E-state index contributed by atoms with van der Waals surface area (Å²) in [6.45, 7) is 3.89. The SMILES string of the molecule is CC(C)(C)C(=O)C(C#N)C(=O)c1ccc(C(F)(F)C(F)(F)F)cc1C(F)(F)F. The highest BCUT2D eigenvalue weighted by atomic mass is 19.4. The summed E-state index contributed by atoms with van der Waals surface area (Å²) in [7, 11) is 0. The number of nitriles is 1. The minimum atomic E-state index is -6.17. The molecule has 1 aromatic carbocycles. The van der Waals surface area contributed by atoms with Crippen LogP contribution in [-0.4, -0.2) is 17.7 Å². The number of hydrogen-bond acceptors (Lipinski definition) is 3. The Morgan fingerprint density at radius 1 is 0.964 bits per heavy atom. The van der Waals surface area contributed by atoms with E-state index < -0.39 is 63.9 Å². The van der Waals surface area contributed by atoms with Crippen LogP contribution < -0.4 is 0 Å². The summed E-state index contributed by atoms with van der Waals surface area (Å²) < 4.78 is 104. The lowest BCUT2D eigenvalue weighted by molar-refractivity contribution is -0.289. The van der Waals surface area contributed by atoms with Crippen molar-refractivity contribution >= 4 is 11.6 Å². The quantitative estimate of drug-likeness (QED) is 0.381. The van der Waals surface area contributed by atoms with E-state index in [9.17, 15) is 44.7 Å². The molecule has 0 saturated carbocycles. The first-order chi connectivity index (χ1) is 12.4. The van der Waals surface area contributed by atoms with Crippen molar-refractivity contribution in [2.24, 2.45) is 11.3 Å². The van der Waals surface area contributed by atoms with Gasteiger partial charge in [0.1, 0.15) is 0 Å². The van der Waals surface area contributed by atoms with Gasteiger partial charge in [-0.3, -0.25) is 9.59 Å². The second-order valence-electron chi connectivity index (χ2n) is 6.87. The van der Waals surface area contributed by atoms with Gasteiger partial charge in [-0.15, -0.1) is 0 Å². The number of halogens is 8. The third kappa shape index (κ3) is 4.48. The Bertz CT molecular complexity index is 826. The van der Waals surface area contributed by atoms with Crippen LogP contribution in [0.1, 0.15) is 42.3 Å². The van der Waals surface area contributed by atoms with Crippen molar-refractivity contribution in [3.05, 3.63) is 34.9 Å². The average Bonchev–Trinajstić information content (AvgIpc) is 2.51. The Morgan fingerprint density at radius 3 is 1.82 bits per heavy atom. The molecule has 1 rings (SSSR count). The maximum absolute atomic E-state index is 13.4. The van der Waals surface area contributed by atoms with Gasteiger partial charge in [0.2, 0.25) is 0 Å². The Kier molecular flexibility index (Phi) is 6.00. The molecule has 28 heavy (non-hydrogen) atoms. The van der Waals surface area contributed by atoms with Crippen LogP contribution in [0.4, 0.5) is 35.1 Å². The molecular formula is C17H13F8NO2. The lowest BCUT2D eigenvalue weighted by Gasteiger charge is -2.23. The molecule has 0 radical (unpaired) electrons. The molecule has 1 aromatic rings. The van der Waals surface area contributed by atoms with Crippen LogP contribution in [0.2, 0.25) is 0 Å². The van der Waals surface area contributed by atoms with Gasteiger partial charge in [0.05, 0.1) is 11.6 Å². The van der Waals surface area contributed by atoms with Crippen LogP contribution in [0, 0.1) is 22.7 Å². The van der Waals surface area contributed by atoms with E-state index in [0.717, 1.165) is 0 Å². The smallest absolute Gasteiger partial charge is 0.297 e. The highest BCUT2D eigenvalue weighted by Crippen LogP contribution is 2.46. The molecule has 0 saturated heterocycles. The van der Waals surface area contributed by atoms with E-state index in [1.807, 2.05) is 0 Å². The first kappa shape index (κ1) is 23.5. The summed E-state index contributed by atoms with van der Waals surface area (Å²) in [5.41, 5.74) is -6.77. The summed E-state index contributed by atoms with van der Waals surface area (Å²) in [5, 5.41) is 9.03. The van der Waals surface area contributed by atoms with Gasteiger partial charge in [-0.25, -0.2) is 0 Å². The maximum Gasteiger partial charge on any atom is 0.458 e. The molecular weight excluding hydrogens is 402 g/mol. The monoisotopic (exact) mass is 415 g/mol.